The van der Waals surface area contributed by atoms with Crippen LogP contribution < -0.4 is 4.18 Å². The first-order chi connectivity index (χ1) is 13.5. The van der Waals surface area contributed by atoms with Gasteiger partial charge in [0.2, 0.25) is 0 Å². The monoisotopic (exact) mass is 506 g/mol. The van der Waals surface area contributed by atoms with E-state index in [-0.39, 0.29) is 4.68 Å². The van der Waals surface area contributed by atoms with Gasteiger partial charge in [0.25, 0.3) is 5.88 Å². The molecule has 0 bridgehead atoms. The largest absolute Gasteiger partial charge is 0.464 e. The van der Waals surface area contributed by atoms with Gasteiger partial charge in [-0.1, -0.05) is 0 Å². The minimum absolute atomic E-state index is 0.167. The lowest BCUT2D eigenvalue weighted by Crippen LogP contribution is -2.63. The molecule has 0 saturated carbocycles. The Morgan fingerprint density at radius 3 is 1.71 bits per heavy atom. The number of hydrogen-bond acceptors (Lipinski definition) is 6. The second kappa shape index (κ2) is 7.33. The van der Waals surface area contributed by atoms with Crippen molar-refractivity contribution in [2.24, 2.45) is 7.05 Å². The zero-order chi connectivity index (χ0) is 25.0. The fraction of sp³-hybridized carbons (Fsp3) is 0.636. The summed E-state index contributed by atoms with van der Waals surface area (Å²) in [7, 11) is -6.76. The summed E-state index contributed by atoms with van der Waals surface area (Å²) in [6, 6.07) is 0. The molecule has 0 amide bonds. The van der Waals surface area contributed by atoms with Crippen LogP contribution in [0.3, 0.4) is 0 Å². The smallest absolute Gasteiger partial charge is 0.460 e. The van der Waals surface area contributed by atoms with E-state index < -0.39 is 62.7 Å². The van der Waals surface area contributed by atoms with Gasteiger partial charge in [0.15, 0.2) is 11.3 Å². The van der Waals surface area contributed by atoms with Gasteiger partial charge in [0.1, 0.15) is 0 Å². The molecular weight excluding hydrogens is 500 g/mol. The Balaban J connectivity index is 3.68. The molecule has 0 atom stereocenters. The molecule has 180 valence electrons. The fourth-order valence-corrected chi connectivity index (χ4v) is 2.69. The number of methoxy groups -OCH3 is 1. The third-order valence-electron chi connectivity index (χ3n) is 3.30. The van der Waals surface area contributed by atoms with Gasteiger partial charge in [0, 0.05) is 7.05 Å². The Kier molecular flexibility index (Phi) is 6.29. The Bertz CT molecular complexity index is 963. The van der Waals surface area contributed by atoms with E-state index in [4.69, 9.17) is 0 Å². The highest BCUT2D eigenvalue weighted by Gasteiger charge is 2.86. The van der Waals surface area contributed by atoms with Crippen molar-refractivity contribution >= 4 is 16.1 Å². The molecule has 0 aromatic carbocycles. The van der Waals surface area contributed by atoms with Crippen molar-refractivity contribution in [3.05, 3.63) is 11.3 Å². The van der Waals surface area contributed by atoms with E-state index in [1.807, 2.05) is 0 Å². The summed E-state index contributed by atoms with van der Waals surface area (Å²) < 4.78 is 185. The van der Waals surface area contributed by atoms with Crippen LogP contribution in [0, 0.1) is 0 Å². The van der Waals surface area contributed by atoms with Gasteiger partial charge in [-0.05, 0) is 0 Å². The number of halogens is 12. The van der Waals surface area contributed by atoms with E-state index in [2.05, 4.69) is 14.0 Å². The van der Waals surface area contributed by atoms with E-state index in [9.17, 15) is 65.9 Å². The number of alkyl halides is 12. The van der Waals surface area contributed by atoms with E-state index in [0.717, 1.165) is 0 Å². The molecule has 0 aliphatic carbocycles. The van der Waals surface area contributed by atoms with Crippen molar-refractivity contribution in [2.75, 3.05) is 7.11 Å². The summed E-state index contributed by atoms with van der Waals surface area (Å²) in [5, 5.41) is -4.90. The molecule has 31 heavy (non-hydrogen) atoms. The highest BCUT2D eigenvalue weighted by Crippen LogP contribution is 2.55. The number of esters is 1. The molecule has 1 rings (SSSR count). The maximum atomic E-state index is 13.6. The van der Waals surface area contributed by atoms with Crippen molar-refractivity contribution in [1.82, 2.24) is 9.78 Å². The minimum atomic E-state index is -7.75. The average molecular weight is 506 g/mol. The van der Waals surface area contributed by atoms with Gasteiger partial charge in [-0.15, -0.1) is 5.10 Å². The zero-order valence-corrected chi connectivity index (χ0v) is 15.2. The molecule has 0 saturated heterocycles. The van der Waals surface area contributed by atoms with Crippen LogP contribution in [-0.4, -0.2) is 54.6 Å². The second-order valence-electron chi connectivity index (χ2n) is 5.34. The topological polar surface area (TPSA) is 87.5 Å². The lowest BCUT2D eigenvalue weighted by molar-refractivity contribution is -0.382. The number of hydrogen-bond donors (Lipinski definition) is 0. The zero-order valence-electron chi connectivity index (χ0n) is 14.4. The van der Waals surface area contributed by atoms with E-state index >= 15 is 0 Å². The lowest BCUT2D eigenvalue weighted by Gasteiger charge is -2.32. The number of aromatic nitrogens is 2. The number of nitrogens with zero attached hydrogens (tertiary/aromatic N) is 2. The third-order valence-corrected chi connectivity index (χ3v) is 4.56. The van der Waals surface area contributed by atoms with Crippen LogP contribution in [0.4, 0.5) is 52.7 Å². The van der Waals surface area contributed by atoms with E-state index in [1.165, 1.54) is 0 Å². The maximum Gasteiger partial charge on any atom is 0.460 e. The first kappa shape index (κ1) is 26.6. The number of rotatable bonds is 6. The van der Waals surface area contributed by atoms with Gasteiger partial charge in [-0.2, -0.15) is 61.1 Å². The summed E-state index contributed by atoms with van der Waals surface area (Å²) in [4.78, 5) is 11.4. The minimum Gasteiger partial charge on any atom is -0.464 e. The molecule has 1 aromatic rings. The molecule has 0 unspecified atom stereocenters. The highest BCUT2D eigenvalue weighted by atomic mass is 32.2. The van der Waals surface area contributed by atoms with Gasteiger partial charge in [-0.25, -0.2) is 4.79 Å². The summed E-state index contributed by atoms with van der Waals surface area (Å²) in [6.07, 6.45) is -13.3. The second-order valence-corrected chi connectivity index (χ2v) is 6.93. The number of aryl methyl sites for hydroxylation is 1. The SMILES string of the molecule is COC(=O)c1c(C(F)(F)F)c(OS(=O)(=O)C(F)(F)C(F)(F)C(F)(F)C(F)(F)F)nn1C. The summed E-state index contributed by atoms with van der Waals surface area (Å²) >= 11 is 0. The molecule has 1 heterocycles. The van der Waals surface area contributed by atoms with E-state index in [1.54, 1.807) is 0 Å². The number of ether oxygens (including phenoxy) is 1. The molecule has 20 heteroatoms. The maximum absolute atomic E-state index is 13.6. The first-order valence-corrected chi connectivity index (χ1v) is 8.25. The molecule has 0 aliphatic heterocycles. The van der Waals surface area contributed by atoms with Gasteiger partial charge < -0.3 is 8.92 Å². The molecule has 0 aliphatic rings. The highest BCUT2D eigenvalue weighted by molar-refractivity contribution is 7.88. The van der Waals surface area contributed by atoms with E-state index in [0.29, 0.717) is 14.2 Å². The van der Waals surface area contributed by atoms with Crippen LogP contribution in [0.25, 0.3) is 0 Å². The molecular formula is C11H6F12N2O5S. The lowest BCUT2D eigenvalue weighted by atomic mass is 10.1. The molecule has 7 nitrogen and oxygen atoms in total. The van der Waals surface area contributed by atoms with Crippen molar-refractivity contribution in [2.45, 2.75) is 29.5 Å². The van der Waals surface area contributed by atoms with Gasteiger partial charge >= 0.3 is 45.5 Å². The van der Waals surface area contributed by atoms with Crippen LogP contribution in [0.1, 0.15) is 16.1 Å². The average Bonchev–Trinajstić information content (AvgIpc) is 2.87. The van der Waals surface area contributed by atoms with Crippen LogP contribution in [0.2, 0.25) is 0 Å². The van der Waals surface area contributed by atoms with Crippen LogP contribution >= 0.6 is 0 Å². The summed E-state index contributed by atoms with van der Waals surface area (Å²) in [5.41, 5.74) is -4.30. The van der Waals surface area contributed by atoms with Crippen LogP contribution in [0.15, 0.2) is 0 Å². The standard InChI is InChI=1S/C11H6F12N2O5S/c1-25-4(6(26)29-2)3(7(12,13)14)5(24-25)30-31(27,28)11(22,23)9(17,18)8(15,16)10(19,20)21/h1-2H3. The molecule has 0 N–H and O–H groups in total. The van der Waals surface area contributed by atoms with Crippen molar-refractivity contribution in [3.63, 3.8) is 0 Å². The summed E-state index contributed by atoms with van der Waals surface area (Å²) in [6.45, 7) is 0. The number of carbonyl (C=O) groups is 1. The number of carbonyl (C=O) groups excluding carboxylic acids is 1. The molecule has 1 aromatic heterocycles. The Morgan fingerprint density at radius 1 is 0.903 bits per heavy atom. The Hall–Kier alpha value is -2.41. The Morgan fingerprint density at radius 2 is 1.35 bits per heavy atom. The fourth-order valence-electron chi connectivity index (χ4n) is 1.82. The van der Waals surface area contributed by atoms with Crippen LogP contribution in [-0.2, 0) is 28.1 Å². The van der Waals surface area contributed by atoms with Gasteiger partial charge in [0.05, 0.1) is 7.11 Å². The normalized spacial score (nSPS) is 14.5. The first-order valence-electron chi connectivity index (χ1n) is 6.84. The van der Waals surface area contributed by atoms with Crippen molar-refractivity contribution in [1.29, 1.82) is 0 Å². The Labute approximate surface area is 162 Å². The predicted octanol–water partition coefficient (Wildman–Crippen LogP) is 3.36. The predicted molar refractivity (Wildman–Crippen MR) is 70.0 cm³/mol. The quantitative estimate of drug-likeness (QED) is 0.334. The third kappa shape index (κ3) is 4.07. The molecule has 0 fully saturated rings. The van der Waals surface area contributed by atoms with Crippen LogP contribution in [0.5, 0.6) is 5.88 Å². The summed E-state index contributed by atoms with van der Waals surface area (Å²) in [5.74, 6) is -19.9. The molecule has 0 spiro atoms. The molecule has 0 radical (unpaired) electrons. The van der Waals surface area contributed by atoms with Crippen molar-refractivity contribution in [3.8, 4) is 5.88 Å². The van der Waals surface area contributed by atoms with Gasteiger partial charge in [-0.3, -0.25) is 4.68 Å². The van der Waals surface area contributed by atoms with Crippen molar-refractivity contribution < 1.29 is 74.8 Å².